The van der Waals surface area contributed by atoms with Gasteiger partial charge in [0.1, 0.15) is 0 Å². The molecule has 0 radical (unpaired) electrons. The highest BCUT2D eigenvalue weighted by Crippen LogP contribution is 2.41. The van der Waals surface area contributed by atoms with Crippen molar-refractivity contribution in [3.8, 4) is 22.3 Å². The summed E-state index contributed by atoms with van der Waals surface area (Å²) in [4.78, 5) is 5.30. The van der Waals surface area contributed by atoms with Gasteiger partial charge in [-0.3, -0.25) is 0 Å². The number of hydrogen-bond donors (Lipinski definition) is 0. The van der Waals surface area contributed by atoms with Gasteiger partial charge in [-0.2, -0.15) is 0 Å². The van der Waals surface area contributed by atoms with Gasteiger partial charge in [0.15, 0.2) is 16.1 Å². The molecule has 0 amide bonds. The Labute approximate surface area is 427 Å². The molecule has 12 aromatic carbocycles. The lowest BCUT2D eigenvalue weighted by atomic mass is 9.97. The molecule has 2 aliphatic heterocycles. The maximum Gasteiger partial charge on any atom is 0.181 e. The van der Waals surface area contributed by atoms with E-state index in [0.717, 1.165) is 11.4 Å². The van der Waals surface area contributed by atoms with Gasteiger partial charge >= 0.3 is 0 Å². The van der Waals surface area contributed by atoms with Crippen LogP contribution in [0.3, 0.4) is 0 Å². The van der Waals surface area contributed by atoms with Crippen molar-refractivity contribution in [1.29, 1.82) is 0 Å². The third-order valence-corrected chi connectivity index (χ3v) is 27.4. The van der Waals surface area contributed by atoms with Crippen molar-refractivity contribution in [1.82, 2.24) is 0 Å². The zero-order valence-electron chi connectivity index (χ0n) is 39.5. The fourth-order valence-corrected chi connectivity index (χ4v) is 27.0. The van der Waals surface area contributed by atoms with Gasteiger partial charge in [-0.1, -0.05) is 254 Å². The summed E-state index contributed by atoms with van der Waals surface area (Å²) >= 11 is 1.93. The number of nitrogens with zero attached hydrogens (tertiary/aromatic N) is 1. The second-order valence-electron chi connectivity index (χ2n) is 19.1. The van der Waals surface area contributed by atoms with Gasteiger partial charge in [0.2, 0.25) is 0 Å². The predicted molar refractivity (Wildman–Crippen MR) is 312 cm³/mol. The lowest BCUT2D eigenvalue weighted by molar-refractivity contribution is 1.29. The van der Waals surface area contributed by atoms with E-state index in [4.69, 9.17) is 0 Å². The third kappa shape index (κ3) is 6.40. The van der Waals surface area contributed by atoms with Crippen LogP contribution in [0.5, 0.6) is 0 Å². The molecule has 14 rings (SSSR count). The molecule has 4 heteroatoms. The molecule has 338 valence electrons. The van der Waals surface area contributed by atoms with E-state index in [2.05, 4.69) is 290 Å². The highest BCUT2D eigenvalue weighted by atomic mass is 32.2. The lowest BCUT2D eigenvalue weighted by Gasteiger charge is -2.51. The largest absolute Gasteiger partial charge is 0.311 e. The zero-order chi connectivity index (χ0) is 47.6. The fraction of sp³-hybridized carbons (Fsp3) is 0. The quantitative estimate of drug-likeness (QED) is 0.146. The summed E-state index contributed by atoms with van der Waals surface area (Å²) in [5, 5.41) is 16.6. The summed E-state index contributed by atoms with van der Waals surface area (Å²) in [7, 11) is -6.26. The van der Waals surface area contributed by atoms with E-state index >= 15 is 0 Å². The van der Waals surface area contributed by atoms with E-state index in [-0.39, 0.29) is 0 Å². The first-order valence-corrected chi connectivity index (χ1v) is 29.7. The Morgan fingerprint density at radius 3 is 1.18 bits per heavy atom. The van der Waals surface area contributed by atoms with Crippen molar-refractivity contribution >= 4 is 108 Å². The van der Waals surface area contributed by atoms with Crippen molar-refractivity contribution in [3.63, 3.8) is 0 Å². The zero-order valence-corrected chi connectivity index (χ0v) is 42.3. The molecule has 0 saturated carbocycles. The summed E-state index contributed by atoms with van der Waals surface area (Å²) in [6, 6.07) is 108. The molecule has 1 spiro atoms. The van der Waals surface area contributed by atoms with Crippen molar-refractivity contribution in [2.45, 2.75) is 9.79 Å². The maximum absolute atomic E-state index is 3.20. The minimum Gasteiger partial charge on any atom is -0.311 e. The van der Waals surface area contributed by atoms with Crippen molar-refractivity contribution in [2.75, 3.05) is 4.90 Å². The van der Waals surface area contributed by atoms with Crippen LogP contribution in [-0.4, -0.2) is 16.1 Å². The van der Waals surface area contributed by atoms with Gasteiger partial charge in [0.05, 0.1) is 0 Å². The Morgan fingerprint density at radius 1 is 0.278 bits per heavy atom. The fourth-order valence-electron chi connectivity index (χ4n) is 12.5. The number of rotatable bonds is 7. The first kappa shape index (κ1) is 42.6. The molecule has 12 aromatic rings. The second kappa shape index (κ2) is 17.3. The second-order valence-corrected chi connectivity index (χ2v) is 27.5. The molecule has 0 unspecified atom stereocenters. The standard InChI is InChI=1S/C68H47NSSi2/c1-3-24-54(25-4-1)71(55-26-5-2-6-27-55)65-37-15-16-38-66(65)72(63-35-13-11-33-61(63)70-62-34-12-14-36-64(62)72)67-39-19-32-60(68(67)71)69(52-44-40-50(41-45-52)58-30-17-22-48-20-7-9-28-56(48)58)53-46-42-51(43-47-53)59-31-18-23-49-21-8-10-29-57(49)59/h1-47H. The molecule has 0 fully saturated rings. The van der Waals surface area contributed by atoms with E-state index in [9.17, 15) is 0 Å². The van der Waals surface area contributed by atoms with E-state index < -0.39 is 16.1 Å². The summed E-state index contributed by atoms with van der Waals surface area (Å²) in [5.74, 6) is 0. The minimum atomic E-state index is -3.20. The van der Waals surface area contributed by atoms with Crippen LogP contribution in [0, 0.1) is 0 Å². The number of hydrogen-bond acceptors (Lipinski definition) is 2. The predicted octanol–water partition coefficient (Wildman–Crippen LogP) is 12.3. The van der Waals surface area contributed by atoms with E-state index in [1.807, 2.05) is 11.8 Å². The molecule has 0 atom stereocenters. The normalized spacial score (nSPS) is 13.7. The number of anilines is 3. The molecule has 0 bridgehead atoms. The van der Waals surface area contributed by atoms with Crippen LogP contribution in [0.1, 0.15) is 0 Å². The van der Waals surface area contributed by atoms with Crippen molar-refractivity contribution < 1.29 is 0 Å². The molecule has 2 aliphatic rings. The molecular formula is C68H47NSSi2. The van der Waals surface area contributed by atoms with Crippen LogP contribution in [0.4, 0.5) is 17.1 Å². The SMILES string of the molecule is c1ccc([Si]2(c3ccccc3)c3ccccc3[Si]3(c4ccccc4Sc4ccccc43)c3cccc(N(c4ccc(-c5cccc6ccccc56)cc4)c4ccc(-c5cccc6ccccc56)cc4)c32)cc1. The highest BCUT2D eigenvalue weighted by molar-refractivity contribution is 8.00. The Balaban J connectivity index is 1.10. The van der Waals surface area contributed by atoms with E-state index in [0.29, 0.717) is 0 Å². The molecule has 72 heavy (non-hydrogen) atoms. The van der Waals surface area contributed by atoms with Crippen LogP contribution < -0.4 is 46.4 Å². The summed E-state index contributed by atoms with van der Waals surface area (Å²) in [5.41, 5.74) is 8.31. The molecule has 0 aromatic heterocycles. The Hall–Kier alpha value is -8.26. The first-order valence-electron chi connectivity index (χ1n) is 24.9. The summed E-state index contributed by atoms with van der Waals surface area (Å²) < 4.78 is 0. The average molecular weight is 966 g/mol. The average Bonchev–Trinajstić information content (AvgIpc) is 3.46. The molecule has 2 heterocycles. The van der Waals surface area contributed by atoms with Gasteiger partial charge in [-0.05, 0) is 128 Å². The summed E-state index contributed by atoms with van der Waals surface area (Å²) in [6.07, 6.45) is 0. The van der Waals surface area contributed by atoms with Crippen LogP contribution in [0.25, 0.3) is 43.8 Å². The van der Waals surface area contributed by atoms with Gasteiger partial charge < -0.3 is 4.90 Å². The van der Waals surface area contributed by atoms with Crippen LogP contribution in [0.2, 0.25) is 0 Å². The Bertz CT molecular complexity index is 3800. The van der Waals surface area contributed by atoms with Crippen molar-refractivity contribution in [3.05, 3.63) is 285 Å². The van der Waals surface area contributed by atoms with Crippen LogP contribution in [0.15, 0.2) is 295 Å². The van der Waals surface area contributed by atoms with E-state index in [1.165, 1.54) is 101 Å². The van der Waals surface area contributed by atoms with Crippen molar-refractivity contribution in [2.24, 2.45) is 0 Å². The molecule has 0 N–H and O–H groups in total. The van der Waals surface area contributed by atoms with Gasteiger partial charge in [0.25, 0.3) is 0 Å². The smallest absolute Gasteiger partial charge is 0.181 e. The number of fused-ring (bicyclic) bond motifs is 10. The summed E-state index contributed by atoms with van der Waals surface area (Å²) in [6.45, 7) is 0. The topological polar surface area (TPSA) is 3.24 Å². The minimum absolute atomic E-state index is 1.11. The van der Waals surface area contributed by atoms with Crippen LogP contribution in [-0.2, 0) is 0 Å². The molecular weight excluding hydrogens is 919 g/mol. The van der Waals surface area contributed by atoms with Gasteiger partial charge in [-0.15, -0.1) is 0 Å². The van der Waals surface area contributed by atoms with Gasteiger partial charge in [-0.25, -0.2) is 0 Å². The molecule has 0 saturated heterocycles. The van der Waals surface area contributed by atoms with Crippen LogP contribution >= 0.6 is 11.8 Å². The third-order valence-electron chi connectivity index (χ3n) is 15.5. The van der Waals surface area contributed by atoms with Gasteiger partial charge in [0, 0.05) is 26.9 Å². The lowest BCUT2D eigenvalue weighted by Crippen LogP contribution is -2.94. The molecule has 0 aliphatic carbocycles. The molecule has 1 nitrogen and oxygen atoms in total. The van der Waals surface area contributed by atoms with E-state index in [1.54, 1.807) is 0 Å². The monoisotopic (exact) mass is 965 g/mol. The Kier molecular flexibility index (Phi) is 10.2. The first-order chi connectivity index (χ1) is 35.7. The highest BCUT2D eigenvalue weighted by Gasteiger charge is 2.59. The maximum atomic E-state index is 2.59. The Morgan fingerprint density at radius 2 is 0.667 bits per heavy atom. The number of benzene rings is 12.